The number of carboxylic acid groups (broad SMARTS) is 1. The molecule has 0 aromatic heterocycles. The van der Waals surface area contributed by atoms with Gasteiger partial charge in [0, 0.05) is 11.6 Å². The highest BCUT2D eigenvalue weighted by Gasteiger charge is 2.28. The molecule has 0 spiro atoms. The van der Waals surface area contributed by atoms with Crippen LogP contribution in [0, 0.1) is 18.8 Å². The number of carbonyl (C=O) groups excluding carboxylic acids is 2. The van der Waals surface area contributed by atoms with Gasteiger partial charge >= 0.3 is 12.1 Å². The normalized spacial score (nSPS) is 11.4. The second-order valence-electron chi connectivity index (χ2n) is 7.77. The number of amides is 2. The number of carbonyl (C=O) groups is 3. The molecule has 4 rings (SSSR count). The summed E-state index contributed by atoms with van der Waals surface area (Å²) in [5, 5.41) is 14.2. The molecule has 0 saturated carbocycles. The summed E-state index contributed by atoms with van der Waals surface area (Å²) in [7, 11) is 0. The summed E-state index contributed by atoms with van der Waals surface area (Å²) >= 11 is 0. The van der Waals surface area contributed by atoms with Crippen molar-refractivity contribution in [1.29, 1.82) is 0 Å². The average Bonchev–Trinajstić information content (AvgIpc) is 3.14. The number of alkyl carbamates (subject to hydrolysis) is 1. The molecular formula is C27H22N2O5. The van der Waals surface area contributed by atoms with E-state index in [1.165, 1.54) is 12.1 Å². The number of aryl methyl sites for hydroxylation is 1. The highest BCUT2D eigenvalue weighted by atomic mass is 16.5. The zero-order valence-electron chi connectivity index (χ0n) is 18.4. The minimum Gasteiger partial charge on any atom is -0.478 e. The molecule has 0 fully saturated rings. The molecule has 3 aromatic carbocycles. The van der Waals surface area contributed by atoms with E-state index in [9.17, 15) is 14.4 Å². The summed E-state index contributed by atoms with van der Waals surface area (Å²) in [4.78, 5) is 35.2. The molecule has 0 unspecified atom stereocenters. The van der Waals surface area contributed by atoms with Crippen molar-refractivity contribution in [2.75, 3.05) is 18.5 Å². The first-order valence-corrected chi connectivity index (χ1v) is 10.7. The van der Waals surface area contributed by atoms with Crippen molar-refractivity contribution in [3.63, 3.8) is 0 Å². The smallest absolute Gasteiger partial charge is 0.407 e. The maximum atomic E-state index is 12.1. The molecule has 1 aliphatic carbocycles. The number of nitrogens with one attached hydrogen (secondary N) is 2. The van der Waals surface area contributed by atoms with Crippen molar-refractivity contribution in [3.05, 3.63) is 89.0 Å². The standard InChI is InChI=1S/C27H22N2O5/c1-17-15-18(12-13-19(17)26(31)32)29-25(30)11-6-14-28-27(33)34-16-24-22-9-4-2-7-20(22)21-8-3-5-10-23(21)24/h2-5,7-10,12-13,15,24H,14,16H2,1H3,(H,28,33)(H,29,30)(H,31,32). The van der Waals surface area contributed by atoms with Crippen LogP contribution in [-0.2, 0) is 9.53 Å². The molecule has 0 heterocycles. The van der Waals surface area contributed by atoms with Gasteiger partial charge in [-0.3, -0.25) is 4.79 Å². The van der Waals surface area contributed by atoms with Gasteiger partial charge in [0.25, 0.3) is 5.91 Å². The molecule has 3 aromatic rings. The third kappa shape index (κ3) is 4.92. The molecule has 170 valence electrons. The van der Waals surface area contributed by atoms with Gasteiger partial charge in [0.1, 0.15) is 6.61 Å². The summed E-state index contributed by atoms with van der Waals surface area (Å²) in [6.45, 7) is 1.78. The molecule has 7 heteroatoms. The van der Waals surface area contributed by atoms with Crippen molar-refractivity contribution in [2.24, 2.45) is 0 Å². The van der Waals surface area contributed by atoms with Crippen LogP contribution in [0.1, 0.15) is 33.0 Å². The maximum absolute atomic E-state index is 12.1. The zero-order valence-corrected chi connectivity index (χ0v) is 18.4. The molecule has 2 amide bonds. The van der Waals surface area contributed by atoms with E-state index in [-0.39, 0.29) is 24.6 Å². The van der Waals surface area contributed by atoms with Gasteiger partial charge in [0.2, 0.25) is 0 Å². The Morgan fingerprint density at radius 1 is 0.971 bits per heavy atom. The van der Waals surface area contributed by atoms with Crippen LogP contribution in [-0.4, -0.2) is 36.2 Å². The Balaban J connectivity index is 1.27. The molecule has 0 saturated heterocycles. The molecule has 0 aliphatic heterocycles. The lowest BCUT2D eigenvalue weighted by molar-refractivity contribution is -0.111. The molecule has 3 N–H and O–H groups in total. The van der Waals surface area contributed by atoms with Gasteiger partial charge in [-0.05, 0) is 58.9 Å². The minimum atomic E-state index is -1.03. The lowest BCUT2D eigenvalue weighted by Crippen LogP contribution is -2.26. The van der Waals surface area contributed by atoms with E-state index in [4.69, 9.17) is 9.84 Å². The lowest BCUT2D eigenvalue weighted by Gasteiger charge is -2.14. The molecule has 0 bridgehead atoms. The fourth-order valence-corrected chi connectivity index (χ4v) is 4.03. The lowest BCUT2D eigenvalue weighted by atomic mass is 9.98. The highest BCUT2D eigenvalue weighted by molar-refractivity contribution is 6.04. The molecule has 34 heavy (non-hydrogen) atoms. The van der Waals surface area contributed by atoms with Crippen LogP contribution in [0.15, 0.2) is 66.7 Å². The summed E-state index contributed by atoms with van der Waals surface area (Å²) in [5.74, 6) is 3.31. The Hall–Kier alpha value is -4.57. The van der Waals surface area contributed by atoms with Crippen LogP contribution in [0.3, 0.4) is 0 Å². The van der Waals surface area contributed by atoms with Crippen molar-refractivity contribution >= 4 is 23.7 Å². The summed E-state index contributed by atoms with van der Waals surface area (Å²) < 4.78 is 5.42. The van der Waals surface area contributed by atoms with Gasteiger partial charge in [0.05, 0.1) is 12.1 Å². The monoisotopic (exact) mass is 454 g/mol. The third-order valence-corrected chi connectivity index (χ3v) is 5.58. The zero-order chi connectivity index (χ0) is 24.1. The Labute approximate surface area is 196 Å². The first-order valence-electron chi connectivity index (χ1n) is 10.7. The predicted molar refractivity (Wildman–Crippen MR) is 128 cm³/mol. The fourth-order valence-electron chi connectivity index (χ4n) is 4.03. The molecule has 0 atom stereocenters. The van der Waals surface area contributed by atoms with Crippen LogP contribution in [0.2, 0.25) is 0 Å². The van der Waals surface area contributed by atoms with Crippen molar-refractivity contribution in [1.82, 2.24) is 5.32 Å². The van der Waals surface area contributed by atoms with E-state index in [2.05, 4.69) is 34.6 Å². The molecule has 1 aliphatic rings. The van der Waals surface area contributed by atoms with Gasteiger partial charge in [-0.25, -0.2) is 9.59 Å². The summed E-state index contributed by atoms with van der Waals surface area (Å²) in [6, 6.07) is 20.6. The van der Waals surface area contributed by atoms with Gasteiger partial charge in [-0.1, -0.05) is 54.5 Å². The Morgan fingerprint density at radius 2 is 1.62 bits per heavy atom. The van der Waals surface area contributed by atoms with Crippen LogP contribution >= 0.6 is 0 Å². The van der Waals surface area contributed by atoms with E-state index in [0.29, 0.717) is 11.3 Å². The number of anilines is 1. The number of carboxylic acids is 1. The van der Waals surface area contributed by atoms with Crippen LogP contribution < -0.4 is 10.6 Å². The van der Waals surface area contributed by atoms with E-state index < -0.39 is 18.0 Å². The second kappa shape index (κ2) is 9.92. The predicted octanol–water partition coefficient (Wildman–Crippen LogP) is 4.17. The number of rotatable bonds is 5. The summed E-state index contributed by atoms with van der Waals surface area (Å²) in [6.07, 6.45) is -0.614. The van der Waals surface area contributed by atoms with Gasteiger partial charge in [-0.2, -0.15) is 0 Å². The van der Waals surface area contributed by atoms with E-state index in [1.54, 1.807) is 13.0 Å². The van der Waals surface area contributed by atoms with Crippen molar-refractivity contribution in [3.8, 4) is 23.0 Å². The largest absolute Gasteiger partial charge is 0.478 e. The number of ether oxygens (including phenoxy) is 1. The van der Waals surface area contributed by atoms with Gasteiger partial charge in [-0.15, -0.1) is 0 Å². The Kier molecular flexibility index (Phi) is 6.60. The molecule has 7 nitrogen and oxygen atoms in total. The minimum absolute atomic E-state index is 0.0361. The fraction of sp³-hybridized carbons (Fsp3) is 0.148. The quantitative estimate of drug-likeness (QED) is 0.502. The van der Waals surface area contributed by atoms with E-state index in [0.717, 1.165) is 22.3 Å². The number of hydrogen-bond donors (Lipinski definition) is 3. The van der Waals surface area contributed by atoms with Crippen LogP contribution in [0.5, 0.6) is 0 Å². The number of fused-ring (bicyclic) bond motifs is 3. The van der Waals surface area contributed by atoms with Crippen molar-refractivity contribution < 1.29 is 24.2 Å². The van der Waals surface area contributed by atoms with Crippen molar-refractivity contribution in [2.45, 2.75) is 12.8 Å². The number of aromatic carboxylic acids is 1. The SMILES string of the molecule is Cc1cc(NC(=O)C#CCNC(=O)OCC2c3ccccc3-c3ccccc32)ccc1C(=O)O. The van der Waals surface area contributed by atoms with Crippen LogP contribution in [0.25, 0.3) is 11.1 Å². The first kappa shape index (κ1) is 22.6. The average molecular weight is 454 g/mol. The highest BCUT2D eigenvalue weighted by Crippen LogP contribution is 2.44. The second-order valence-corrected chi connectivity index (χ2v) is 7.77. The van der Waals surface area contributed by atoms with Gasteiger partial charge < -0.3 is 20.5 Å². The maximum Gasteiger partial charge on any atom is 0.407 e. The number of benzene rings is 3. The number of hydrogen-bond acceptors (Lipinski definition) is 4. The Morgan fingerprint density at radius 3 is 2.24 bits per heavy atom. The van der Waals surface area contributed by atoms with Gasteiger partial charge in [0.15, 0.2) is 0 Å². The third-order valence-electron chi connectivity index (χ3n) is 5.58. The topological polar surface area (TPSA) is 105 Å². The molecular weight excluding hydrogens is 432 g/mol. The summed E-state index contributed by atoms with van der Waals surface area (Å²) in [5.41, 5.74) is 5.67. The Bertz CT molecular complexity index is 1290. The van der Waals surface area contributed by atoms with E-state index >= 15 is 0 Å². The van der Waals surface area contributed by atoms with E-state index in [1.807, 2.05) is 36.4 Å². The first-order chi connectivity index (χ1) is 16.4. The van der Waals surface area contributed by atoms with Crippen LogP contribution in [0.4, 0.5) is 10.5 Å². The molecule has 0 radical (unpaired) electrons.